The molecule has 1 unspecified atom stereocenters. The van der Waals surface area contributed by atoms with Gasteiger partial charge >= 0.3 is 0 Å². The summed E-state index contributed by atoms with van der Waals surface area (Å²) in [6.07, 6.45) is 3.18. The van der Waals surface area contributed by atoms with Gasteiger partial charge in [0.05, 0.1) is 22.4 Å². The van der Waals surface area contributed by atoms with Crippen LogP contribution in [0.3, 0.4) is 0 Å². The molecule has 1 spiro atoms. The largest absolute Gasteiger partial charge is 0.489 e. The van der Waals surface area contributed by atoms with Crippen molar-refractivity contribution in [1.82, 2.24) is 0 Å². The van der Waals surface area contributed by atoms with Crippen molar-refractivity contribution in [2.75, 3.05) is 18.9 Å². The highest BCUT2D eigenvalue weighted by molar-refractivity contribution is 7.91. The van der Waals surface area contributed by atoms with Crippen LogP contribution in [0.15, 0.2) is 65.3 Å². The average molecular weight is 444 g/mol. The van der Waals surface area contributed by atoms with E-state index in [-0.39, 0.29) is 40.9 Å². The molecule has 0 saturated heterocycles. The summed E-state index contributed by atoms with van der Waals surface area (Å²) in [5.74, 6) is 0.472. The molecule has 31 heavy (non-hydrogen) atoms. The summed E-state index contributed by atoms with van der Waals surface area (Å²) in [7, 11) is -3.48. The quantitative estimate of drug-likeness (QED) is 0.637. The van der Waals surface area contributed by atoms with Crippen molar-refractivity contribution in [1.29, 1.82) is 0 Å². The number of carbonyl (C=O) groups is 1. The lowest BCUT2D eigenvalue weighted by atomic mass is 9.94. The number of benzene rings is 2. The fraction of sp³-hybridized carbons (Fsp3) is 0.375. The van der Waals surface area contributed by atoms with Crippen LogP contribution in [-0.4, -0.2) is 33.1 Å². The van der Waals surface area contributed by atoms with E-state index in [0.29, 0.717) is 30.5 Å². The van der Waals surface area contributed by atoms with Crippen LogP contribution in [0.1, 0.15) is 42.7 Å². The summed E-state index contributed by atoms with van der Waals surface area (Å²) in [5.41, 5.74) is 7.62. The number of nitrogens with two attached hydrogens (primary N) is 1. The molecular formula is C24H26FNO4S. The van der Waals surface area contributed by atoms with Gasteiger partial charge in [-0.1, -0.05) is 24.3 Å². The predicted octanol–water partition coefficient (Wildman–Crippen LogP) is 3.83. The maximum Gasteiger partial charge on any atom is 0.178 e. The van der Waals surface area contributed by atoms with E-state index < -0.39 is 9.84 Å². The molecule has 2 aromatic carbocycles. The first-order valence-electron chi connectivity index (χ1n) is 10.5. The lowest BCUT2D eigenvalue weighted by Gasteiger charge is -2.12. The molecule has 2 aromatic rings. The number of fused-ring (bicyclic) bond motifs is 2. The second-order valence-electron chi connectivity index (χ2n) is 8.28. The zero-order valence-corrected chi connectivity index (χ0v) is 18.0. The first-order valence-corrected chi connectivity index (χ1v) is 12.1. The maximum atomic E-state index is 13.0. The van der Waals surface area contributed by atoms with Crippen molar-refractivity contribution < 1.29 is 22.3 Å². The molecule has 5 nitrogen and oxygen atoms in total. The molecule has 0 bridgehead atoms. The van der Waals surface area contributed by atoms with Gasteiger partial charge in [0.25, 0.3) is 0 Å². The normalized spacial score (nSPS) is 19.5. The minimum Gasteiger partial charge on any atom is -0.489 e. The van der Waals surface area contributed by atoms with E-state index in [4.69, 9.17) is 10.5 Å². The van der Waals surface area contributed by atoms with E-state index in [1.807, 2.05) is 24.3 Å². The van der Waals surface area contributed by atoms with Crippen molar-refractivity contribution in [2.45, 2.75) is 41.9 Å². The Balaban J connectivity index is 1.36. The molecule has 0 aromatic heterocycles. The van der Waals surface area contributed by atoms with Crippen LogP contribution in [0, 0.1) is 0 Å². The van der Waals surface area contributed by atoms with Gasteiger partial charge in [-0.3, -0.25) is 4.79 Å². The maximum absolute atomic E-state index is 13.0. The number of sulfone groups is 1. The zero-order valence-electron chi connectivity index (χ0n) is 17.2. The van der Waals surface area contributed by atoms with Gasteiger partial charge in [-0.15, -0.1) is 0 Å². The van der Waals surface area contributed by atoms with Gasteiger partial charge in [0.1, 0.15) is 12.4 Å². The van der Waals surface area contributed by atoms with E-state index in [1.54, 1.807) is 12.1 Å². The standard InChI is InChI=1S/C24H26FNO4S/c25-14-17(15-26)16-30-18-7-9-19(10-8-18)31(28,29)13-3-5-21-20-4-1-2-6-22(20)24(11-12-24)23(21)27/h1-2,4,6-10,14,21H,3,5,11-13,15-16,26H2/b17-14+. The third-order valence-electron chi connectivity index (χ3n) is 6.32. The summed E-state index contributed by atoms with van der Waals surface area (Å²) in [6, 6.07) is 14.0. The van der Waals surface area contributed by atoms with Gasteiger partial charge in [-0.25, -0.2) is 12.8 Å². The van der Waals surface area contributed by atoms with Crippen molar-refractivity contribution in [3.8, 4) is 5.75 Å². The van der Waals surface area contributed by atoms with Crippen LogP contribution >= 0.6 is 0 Å². The highest BCUT2D eigenvalue weighted by Crippen LogP contribution is 2.58. The summed E-state index contributed by atoms with van der Waals surface area (Å²) < 4.78 is 43.4. The van der Waals surface area contributed by atoms with Gasteiger partial charge < -0.3 is 10.5 Å². The smallest absolute Gasteiger partial charge is 0.178 e. The van der Waals surface area contributed by atoms with Crippen molar-refractivity contribution in [3.05, 3.63) is 71.6 Å². The molecule has 164 valence electrons. The molecule has 4 rings (SSSR count). The molecule has 0 amide bonds. The molecule has 0 heterocycles. The Morgan fingerprint density at radius 2 is 1.87 bits per heavy atom. The van der Waals surface area contributed by atoms with E-state index in [1.165, 1.54) is 12.1 Å². The average Bonchev–Trinajstić information content (AvgIpc) is 3.55. The second kappa shape index (κ2) is 8.55. The molecule has 7 heteroatoms. The predicted molar refractivity (Wildman–Crippen MR) is 117 cm³/mol. The van der Waals surface area contributed by atoms with Crippen molar-refractivity contribution in [3.63, 3.8) is 0 Å². The number of rotatable bonds is 9. The highest BCUT2D eigenvalue weighted by Gasteiger charge is 2.58. The number of hydrogen-bond acceptors (Lipinski definition) is 5. The summed E-state index contributed by atoms with van der Waals surface area (Å²) in [6.45, 7) is 0.0650. The molecule has 0 radical (unpaired) electrons. The van der Waals surface area contributed by atoms with E-state index >= 15 is 0 Å². The van der Waals surface area contributed by atoms with Crippen molar-refractivity contribution in [2.24, 2.45) is 5.73 Å². The molecule has 1 saturated carbocycles. The first kappa shape index (κ1) is 21.7. The van der Waals surface area contributed by atoms with Gasteiger partial charge in [0.2, 0.25) is 0 Å². The van der Waals surface area contributed by atoms with Crippen LogP contribution in [0.25, 0.3) is 0 Å². The van der Waals surface area contributed by atoms with Gasteiger partial charge in [0, 0.05) is 18.0 Å². The topological polar surface area (TPSA) is 86.5 Å². The number of ether oxygens (including phenoxy) is 1. The van der Waals surface area contributed by atoms with Gasteiger partial charge in [0.15, 0.2) is 15.6 Å². The lowest BCUT2D eigenvalue weighted by molar-refractivity contribution is -0.122. The third-order valence-corrected chi connectivity index (χ3v) is 8.14. The Kier molecular flexibility index (Phi) is 5.99. The third kappa shape index (κ3) is 4.16. The summed E-state index contributed by atoms with van der Waals surface area (Å²) in [5, 5.41) is 0. The number of Topliss-reactive ketones (excluding diaryl/α,β-unsaturated/α-hetero) is 1. The fourth-order valence-corrected chi connectivity index (χ4v) is 5.75. The summed E-state index contributed by atoms with van der Waals surface area (Å²) in [4.78, 5) is 13.2. The van der Waals surface area contributed by atoms with E-state index in [0.717, 1.165) is 24.0 Å². The lowest BCUT2D eigenvalue weighted by Crippen LogP contribution is -2.18. The number of carbonyl (C=O) groups excluding carboxylic acids is 1. The number of ketones is 1. The molecule has 1 fully saturated rings. The Labute approximate surface area is 182 Å². The zero-order chi connectivity index (χ0) is 22.1. The Morgan fingerprint density at radius 1 is 1.16 bits per heavy atom. The highest BCUT2D eigenvalue weighted by atomic mass is 32.2. The molecule has 0 aliphatic heterocycles. The Bertz CT molecular complexity index is 1100. The Hall–Kier alpha value is -2.51. The second-order valence-corrected chi connectivity index (χ2v) is 10.4. The number of halogens is 1. The molecular weight excluding hydrogens is 417 g/mol. The van der Waals surface area contributed by atoms with E-state index in [9.17, 15) is 17.6 Å². The molecule has 2 N–H and O–H groups in total. The SMILES string of the molecule is NC/C(=C\F)COc1ccc(S(=O)(=O)CCCC2C(=O)C3(CC3)c3ccccc32)cc1. The van der Waals surface area contributed by atoms with Gasteiger partial charge in [-0.05, 0) is 61.1 Å². The molecule has 1 atom stereocenters. The molecule has 2 aliphatic carbocycles. The van der Waals surface area contributed by atoms with Crippen LogP contribution < -0.4 is 10.5 Å². The fourth-order valence-electron chi connectivity index (χ4n) is 4.42. The van der Waals surface area contributed by atoms with Crippen LogP contribution in [0.2, 0.25) is 0 Å². The monoisotopic (exact) mass is 443 g/mol. The minimum absolute atomic E-state index is 0.0114. The summed E-state index contributed by atoms with van der Waals surface area (Å²) >= 11 is 0. The van der Waals surface area contributed by atoms with Gasteiger partial charge in [-0.2, -0.15) is 0 Å². The van der Waals surface area contributed by atoms with Crippen LogP contribution in [0.5, 0.6) is 5.75 Å². The Morgan fingerprint density at radius 3 is 2.52 bits per heavy atom. The number of hydrogen-bond donors (Lipinski definition) is 1. The minimum atomic E-state index is -3.48. The van der Waals surface area contributed by atoms with E-state index in [2.05, 4.69) is 0 Å². The first-order chi connectivity index (χ1) is 14.9. The van der Waals surface area contributed by atoms with Crippen LogP contribution in [-0.2, 0) is 20.0 Å². The van der Waals surface area contributed by atoms with Crippen molar-refractivity contribution >= 4 is 15.6 Å². The van der Waals surface area contributed by atoms with Crippen LogP contribution in [0.4, 0.5) is 4.39 Å². The molecule has 2 aliphatic rings.